The Morgan fingerprint density at radius 1 is 1.16 bits per heavy atom. The Bertz CT molecular complexity index is 757. The van der Waals surface area contributed by atoms with Gasteiger partial charge < -0.3 is 14.5 Å². The lowest BCUT2D eigenvalue weighted by atomic mass is 10.1. The van der Waals surface area contributed by atoms with Gasteiger partial charge in [0.25, 0.3) is 5.91 Å². The predicted octanol–water partition coefficient (Wildman–Crippen LogP) is 2.88. The topological polar surface area (TPSA) is 75.6 Å². The van der Waals surface area contributed by atoms with Crippen molar-refractivity contribution >= 4 is 39.5 Å². The Kier molecular flexibility index (Phi) is 5.64. The molecule has 1 aromatic carbocycles. The third kappa shape index (κ3) is 3.98. The quantitative estimate of drug-likeness (QED) is 0.756. The van der Waals surface area contributed by atoms with E-state index in [4.69, 9.17) is 4.74 Å². The molecule has 2 amide bonds. The van der Waals surface area contributed by atoms with Gasteiger partial charge in [-0.25, -0.2) is 4.79 Å². The summed E-state index contributed by atoms with van der Waals surface area (Å²) in [4.78, 5) is 28.5. The molecule has 1 aliphatic heterocycles. The van der Waals surface area contributed by atoms with Crippen LogP contribution in [0.4, 0.5) is 4.79 Å². The smallest absolute Gasteiger partial charge is 0.409 e. The van der Waals surface area contributed by atoms with E-state index in [1.165, 1.54) is 0 Å². The average molecular weight is 425 g/mol. The first-order valence-corrected chi connectivity index (χ1v) is 9.46. The molecule has 0 aliphatic carbocycles. The summed E-state index contributed by atoms with van der Waals surface area (Å²) < 4.78 is 9.91. The van der Waals surface area contributed by atoms with Crippen molar-refractivity contribution in [3.63, 3.8) is 0 Å². The Hall–Kier alpha value is -2.00. The van der Waals surface area contributed by atoms with Crippen LogP contribution < -0.4 is 0 Å². The van der Waals surface area contributed by atoms with Crippen molar-refractivity contribution in [2.45, 2.75) is 6.92 Å². The van der Waals surface area contributed by atoms with Crippen molar-refractivity contribution in [1.29, 1.82) is 0 Å². The van der Waals surface area contributed by atoms with Crippen molar-refractivity contribution in [1.82, 2.24) is 19.4 Å². The summed E-state index contributed by atoms with van der Waals surface area (Å²) in [5, 5.41) is 4.12. The number of ether oxygens (including phenoxy) is 1. The van der Waals surface area contributed by atoms with Crippen molar-refractivity contribution in [2.24, 2.45) is 0 Å². The van der Waals surface area contributed by atoms with E-state index in [2.05, 4.69) is 25.5 Å². The largest absolute Gasteiger partial charge is 0.450 e. The highest BCUT2D eigenvalue weighted by Gasteiger charge is 2.28. The summed E-state index contributed by atoms with van der Waals surface area (Å²) >= 11 is 4.49. The predicted molar refractivity (Wildman–Crippen MR) is 97.5 cm³/mol. The number of aromatic nitrogens is 2. The number of carbonyl (C=O) groups excluding carboxylic acids is 2. The summed E-state index contributed by atoms with van der Waals surface area (Å²) in [6.45, 7) is 3.98. The minimum Gasteiger partial charge on any atom is -0.450 e. The summed E-state index contributed by atoms with van der Waals surface area (Å²) in [6, 6.07) is 7.61. The summed E-state index contributed by atoms with van der Waals surface area (Å²) in [5.41, 5.74) is 1.45. The lowest BCUT2D eigenvalue weighted by Gasteiger charge is -2.33. The fourth-order valence-corrected chi connectivity index (χ4v) is 3.50. The van der Waals surface area contributed by atoms with Gasteiger partial charge in [0, 0.05) is 36.2 Å². The van der Waals surface area contributed by atoms with Gasteiger partial charge in [0.15, 0.2) is 0 Å². The fraction of sp³-hybridized carbons (Fsp3) is 0.375. The van der Waals surface area contributed by atoms with Crippen molar-refractivity contribution < 1.29 is 14.3 Å². The maximum absolute atomic E-state index is 12.8. The van der Waals surface area contributed by atoms with Crippen LogP contribution >= 0.6 is 27.5 Å². The van der Waals surface area contributed by atoms with Crippen molar-refractivity contribution in [3.8, 4) is 11.3 Å². The fourth-order valence-electron chi connectivity index (χ4n) is 2.58. The monoisotopic (exact) mass is 424 g/mol. The van der Waals surface area contributed by atoms with Gasteiger partial charge >= 0.3 is 6.09 Å². The molecule has 0 unspecified atom stereocenters. The molecule has 7 nitrogen and oxygen atoms in total. The zero-order valence-corrected chi connectivity index (χ0v) is 16.0. The second-order valence-electron chi connectivity index (χ2n) is 5.44. The van der Waals surface area contributed by atoms with Gasteiger partial charge in [-0.05, 0) is 30.6 Å². The number of nitrogens with zero attached hydrogens (tertiary/aromatic N) is 4. The lowest BCUT2D eigenvalue weighted by Crippen LogP contribution is -2.50. The van der Waals surface area contributed by atoms with Gasteiger partial charge in [0.1, 0.15) is 10.6 Å². The standard InChI is InChI=1S/C16H17BrN4O3S/c1-2-24-16(23)21-9-7-20(8-10-21)15(22)14-13(18-19-25-14)11-3-5-12(17)6-4-11/h3-6H,2,7-10H2,1H3. The maximum Gasteiger partial charge on any atom is 0.409 e. The van der Waals surface area contributed by atoms with Gasteiger partial charge in [-0.1, -0.05) is 32.6 Å². The molecule has 2 aromatic rings. The molecule has 9 heteroatoms. The lowest BCUT2D eigenvalue weighted by molar-refractivity contribution is 0.0574. The Balaban J connectivity index is 1.70. The molecule has 1 aromatic heterocycles. The second-order valence-corrected chi connectivity index (χ2v) is 7.11. The first-order chi connectivity index (χ1) is 12.1. The van der Waals surface area contributed by atoms with Crippen molar-refractivity contribution in [3.05, 3.63) is 33.6 Å². The molecule has 25 heavy (non-hydrogen) atoms. The van der Waals surface area contributed by atoms with Gasteiger partial charge in [0.2, 0.25) is 0 Å². The van der Waals surface area contributed by atoms with Crippen LogP contribution in [-0.2, 0) is 4.74 Å². The third-order valence-electron chi connectivity index (χ3n) is 3.89. The summed E-state index contributed by atoms with van der Waals surface area (Å²) in [6.07, 6.45) is -0.329. The number of benzene rings is 1. The van der Waals surface area contributed by atoms with Crippen LogP contribution in [0.3, 0.4) is 0 Å². The molecular formula is C16H17BrN4O3S. The number of rotatable bonds is 3. The highest BCUT2D eigenvalue weighted by atomic mass is 79.9. The van der Waals surface area contributed by atoms with E-state index in [1.54, 1.807) is 16.7 Å². The van der Waals surface area contributed by atoms with Crippen LogP contribution in [0.5, 0.6) is 0 Å². The molecule has 0 spiro atoms. The number of piperazine rings is 1. The Morgan fingerprint density at radius 2 is 1.80 bits per heavy atom. The van der Waals surface area contributed by atoms with E-state index in [0.29, 0.717) is 43.4 Å². The molecule has 1 fully saturated rings. The van der Waals surface area contributed by atoms with E-state index >= 15 is 0 Å². The van der Waals surface area contributed by atoms with E-state index in [0.717, 1.165) is 21.6 Å². The molecule has 0 bridgehead atoms. The van der Waals surface area contributed by atoms with Gasteiger partial charge in [-0.15, -0.1) is 5.10 Å². The molecule has 1 aliphatic rings. The number of carbonyl (C=O) groups is 2. The van der Waals surface area contributed by atoms with Crippen LogP contribution in [0.1, 0.15) is 16.6 Å². The van der Waals surface area contributed by atoms with Crippen LogP contribution in [0.15, 0.2) is 28.7 Å². The van der Waals surface area contributed by atoms with Gasteiger partial charge in [-0.2, -0.15) is 0 Å². The van der Waals surface area contributed by atoms with Crippen molar-refractivity contribution in [2.75, 3.05) is 32.8 Å². The molecular weight excluding hydrogens is 408 g/mol. The van der Waals surface area contributed by atoms with Gasteiger partial charge in [-0.3, -0.25) is 4.79 Å². The van der Waals surface area contributed by atoms with E-state index < -0.39 is 0 Å². The van der Waals surface area contributed by atoms with Crippen LogP contribution in [-0.4, -0.2) is 64.2 Å². The zero-order chi connectivity index (χ0) is 17.8. The summed E-state index contributed by atoms with van der Waals surface area (Å²) in [5.74, 6) is -0.101. The molecule has 0 radical (unpaired) electrons. The minimum atomic E-state index is -0.329. The maximum atomic E-state index is 12.8. The van der Waals surface area contributed by atoms with Crippen LogP contribution in [0.25, 0.3) is 11.3 Å². The van der Waals surface area contributed by atoms with E-state index in [-0.39, 0.29) is 12.0 Å². The molecule has 0 saturated carbocycles. The second kappa shape index (κ2) is 7.92. The molecule has 3 rings (SSSR count). The number of hydrogen-bond acceptors (Lipinski definition) is 6. The number of halogens is 1. The first kappa shape index (κ1) is 17.8. The number of amides is 2. The highest BCUT2D eigenvalue weighted by molar-refractivity contribution is 9.10. The first-order valence-electron chi connectivity index (χ1n) is 7.89. The highest BCUT2D eigenvalue weighted by Crippen LogP contribution is 2.26. The Labute approximate surface area is 157 Å². The normalized spacial score (nSPS) is 14.5. The zero-order valence-electron chi connectivity index (χ0n) is 13.6. The van der Waals surface area contributed by atoms with E-state index in [9.17, 15) is 9.59 Å². The minimum absolute atomic E-state index is 0.101. The average Bonchev–Trinajstić information content (AvgIpc) is 3.12. The molecule has 1 saturated heterocycles. The molecule has 0 atom stereocenters. The molecule has 132 valence electrons. The Morgan fingerprint density at radius 3 is 2.44 bits per heavy atom. The third-order valence-corrected chi connectivity index (χ3v) is 5.14. The van der Waals surface area contributed by atoms with Crippen LogP contribution in [0, 0.1) is 0 Å². The van der Waals surface area contributed by atoms with E-state index in [1.807, 2.05) is 24.3 Å². The van der Waals surface area contributed by atoms with Crippen LogP contribution in [0.2, 0.25) is 0 Å². The molecule has 2 heterocycles. The summed E-state index contributed by atoms with van der Waals surface area (Å²) in [7, 11) is 0. The molecule has 0 N–H and O–H groups in total. The SMILES string of the molecule is CCOC(=O)N1CCN(C(=O)c2snnc2-c2ccc(Br)cc2)CC1. The number of hydrogen-bond donors (Lipinski definition) is 0. The van der Waals surface area contributed by atoms with Gasteiger partial charge in [0.05, 0.1) is 6.61 Å².